The normalized spacial score (nSPS) is 15.9. The van der Waals surface area contributed by atoms with Crippen molar-refractivity contribution in [3.63, 3.8) is 0 Å². The van der Waals surface area contributed by atoms with Crippen LogP contribution in [0.4, 0.5) is 0 Å². The van der Waals surface area contributed by atoms with Gasteiger partial charge in [0.25, 0.3) is 11.5 Å². The Kier molecular flexibility index (Phi) is 6.03. The van der Waals surface area contributed by atoms with Crippen molar-refractivity contribution in [2.45, 2.75) is 51.6 Å². The van der Waals surface area contributed by atoms with Crippen LogP contribution in [0.15, 0.2) is 47.3 Å². The first-order valence-corrected chi connectivity index (χ1v) is 11.9. The van der Waals surface area contributed by atoms with E-state index in [4.69, 9.17) is 9.47 Å². The average Bonchev–Trinajstić information content (AvgIpc) is 3.69. The first-order chi connectivity index (χ1) is 16.2. The minimum absolute atomic E-state index is 0.144. The van der Waals surface area contributed by atoms with E-state index in [1.165, 1.54) is 4.68 Å². The number of hydrogen-bond donors (Lipinski definition) is 1. The van der Waals surface area contributed by atoms with Gasteiger partial charge in [-0.2, -0.15) is 5.10 Å². The fourth-order valence-electron chi connectivity index (χ4n) is 4.43. The average molecular weight is 448 g/mol. The van der Waals surface area contributed by atoms with Crippen LogP contribution in [-0.4, -0.2) is 28.9 Å². The maximum atomic E-state index is 13.5. The Hall–Kier alpha value is -3.35. The summed E-state index contributed by atoms with van der Waals surface area (Å²) in [6.45, 7) is 3.69. The second-order valence-electron chi connectivity index (χ2n) is 8.82. The van der Waals surface area contributed by atoms with Crippen molar-refractivity contribution in [3.05, 3.63) is 64.1 Å². The highest BCUT2D eigenvalue weighted by atomic mass is 16.6. The largest absolute Gasteiger partial charge is 0.486 e. The molecule has 1 aromatic heterocycles. The number of carbonyl (C=O) groups is 1. The van der Waals surface area contributed by atoms with Gasteiger partial charge in [0.1, 0.15) is 13.2 Å². The Morgan fingerprint density at radius 1 is 1.09 bits per heavy atom. The molecule has 1 amide bonds. The summed E-state index contributed by atoms with van der Waals surface area (Å²) in [5.74, 6) is 1.56. The lowest BCUT2D eigenvalue weighted by Gasteiger charge is -2.23. The standard InChI is InChI=1S/C26H29N3O4/c1-2-3-6-13-29-26(31)20-8-5-4-7-19(20)24(28-29)25(30)27-23(17-9-10-17)18-11-12-21-22(16-18)33-15-14-32-21/h4-5,7-8,11-12,16-17,23H,2-3,6,9-10,13-15H2,1H3,(H,27,30). The van der Waals surface area contributed by atoms with Gasteiger partial charge in [0.05, 0.1) is 11.4 Å². The molecule has 0 bridgehead atoms. The van der Waals surface area contributed by atoms with Gasteiger partial charge in [0.2, 0.25) is 0 Å². The summed E-state index contributed by atoms with van der Waals surface area (Å²) >= 11 is 0. The number of aryl methyl sites for hydroxylation is 1. The monoisotopic (exact) mass is 447 g/mol. The smallest absolute Gasteiger partial charge is 0.274 e. The highest BCUT2D eigenvalue weighted by molar-refractivity contribution is 6.04. The minimum atomic E-state index is -0.262. The molecule has 1 N–H and O–H groups in total. The fourth-order valence-corrected chi connectivity index (χ4v) is 4.43. The SMILES string of the molecule is CCCCCn1nc(C(=O)NC(c2ccc3c(c2)OCCO3)C2CC2)c2ccccc2c1=O. The Labute approximate surface area is 192 Å². The molecule has 0 spiro atoms. The molecule has 7 heteroatoms. The number of nitrogens with zero attached hydrogens (tertiary/aromatic N) is 2. The zero-order valence-electron chi connectivity index (χ0n) is 18.9. The number of aromatic nitrogens is 2. The third-order valence-corrected chi connectivity index (χ3v) is 6.36. The second kappa shape index (κ2) is 9.25. The molecule has 1 fully saturated rings. The van der Waals surface area contributed by atoms with Crippen LogP contribution in [0, 0.1) is 5.92 Å². The van der Waals surface area contributed by atoms with Crippen molar-refractivity contribution in [2.75, 3.05) is 13.2 Å². The molecule has 0 radical (unpaired) electrons. The van der Waals surface area contributed by atoms with E-state index in [9.17, 15) is 9.59 Å². The molecule has 33 heavy (non-hydrogen) atoms. The van der Waals surface area contributed by atoms with E-state index in [2.05, 4.69) is 17.3 Å². The predicted octanol–water partition coefficient (Wildman–Crippen LogP) is 4.24. The minimum Gasteiger partial charge on any atom is -0.486 e. The van der Waals surface area contributed by atoms with E-state index < -0.39 is 0 Å². The fraction of sp³-hybridized carbons (Fsp3) is 0.423. The van der Waals surface area contributed by atoms with Crippen LogP contribution >= 0.6 is 0 Å². The summed E-state index contributed by atoms with van der Waals surface area (Å²) in [7, 11) is 0. The summed E-state index contributed by atoms with van der Waals surface area (Å²) in [4.78, 5) is 26.5. The third kappa shape index (κ3) is 4.45. The molecule has 2 aliphatic rings. The molecule has 2 heterocycles. The van der Waals surface area contributed by atoms with Crippen LogP contribution < -0.4 is 20.3 Å². The summed E-state index contributed by atoms with van der Waals surface area (Å²) < 4.78 is 12.8. The van der Waals surface area contributed by atoms with Crippen molar-refractivity contribution >= 4 is 16.7 Å². The molecule has 3 aromatic rings. The van der Waals surface area contributed by atoms with Crippen LogP contribution in [0.1, 0.15) is 61.1 Å². The van der Waals surface area contributed by atoms with Crippen LogP contribution in [0.3, 0.4) is 0 Å². The van der Waals surface area contributed by atoms with E-state index in [1.54, 1.807) is 12.1 Å². The van der Waals surface area contributed by atoms with E-state index in [0.717, 1.165) is 43.4 Å². The number of carbonyl (C=O) groups excluding carboxylic acids is 1. The van der Waals surface area contributed by atoms with Gasteiger partial charge in [-0.05, 0) is 48.9 Å². The molecule has 1 unspecified atom stereocenters. The molecular formula is C26H29N3O4. The molecule has 1 saturated carbocycles. The second-order valence-corrected chi connectivity index (χ2v) is 8.82. The van der Waals surface area contributed by atoms with E-state index >= 15 is 0 Å². The Morgan fingerprint density at radius 2 is 1.85 bits per heavy atom. The van der Waals surface area contributed by atoms with Gasteiger partial charge in [-0.1, -0.05) is 44.0 Å². The molecule has 2 aromatic carbocycles. The van der Waals surface area contributed by atoms with Gasteiger partial charge in [-0.15, -0.1) is 0 Å². The zero-order valence-corrected chi connectivity index (χ0v) is 18.9. The highest BCUT2D eigenvalue weighted by Gasteiger charge is 2.35. The van der Waals surface area contributed by atoms with Crippen molar-refractivity contribution in [1.82, 2.24) is 15.1 Å². The van der Waals surface area contributed by atoms with E-state index in [-0.39, 0.29) is 17.5 Å². The maximum absolute atomic E-state index is 13.5. The predicted molar refractivity (Wildman–Crippen MR) is 126 cm³/mol. The van der Waals surface area contributed by atoms with E-state index in [1.807, 2.05) is 30.3 Å². The van der Waals surface area contributed by atoms with Gasteiger partial charge in [0, 0.05) is 11.9 Å². The van der Waals surface area contributed by atoms with Gasteiger partial charge in [0.15, 0.2) is 17.2 Å². The van der Waals surface area contributed by atoms with Crippen molar-refractivity contribution in [1.29, 1.82) is 0 Å². The number of amides is 1. The Balaban J connectivity index is 1.47. The quantitative estimate of drug-likeness (QED) is 0.523. The molecule has 5 rings (SSSR count). The molecule has 172 valence electrons. The van der Waals surface area contributed by atoms with E-state index in [0.29, 0.717) is 47.9 Å². The van der Waals surface area contributed by atoms with Gasteiger partial charge in [-0.25, -0.2) is 4.68 Å². The number of nitrogens with one attached hydrogen (secondary N) is 1. The third-order valence-electron chi connectivity index (χ3n) is 6.36. The van der Waals surface area contributed by atoms with Crippen molar-refractivity contribution in [2.24, 2.45) is 5.92 Å². The molecule has 1 aliphatic carbocycles. The lowest BCUT2D eigenvalue weighted by molar-refractivity contribution is 0.0925. The van der Waals surface area contributed by atoms with Gasteiger partial charge in [-0.3, -0.25) is 9.59 Å². The van der Waals surface area contributed by atoms with Crippen LogP contribution in [0.25, 0.3) is 10.8 Å². The van der Waals surface area contributed by atoms with Crippen LogP contribution in [0.5, 0.6) is 11.5 Å². The summed E-state index contributed by atoms with van der Waals surface area (Å²) in [6, 6.07) is 13.0. The number of ether oxygens (including phenoxy) is 2. The number of fused-ring (bicyclic) bond motifs is 2. The Bertz CT molecular complexity index is 1230. The van der Waals surface area contributed by atoms with Gasteiger partial charge < -0.3 is 14.8 Å². The number of hydrogen-bond acceptors (Lipinski definition) is 5. The zero-order chi connectivity index (χ0) is 22.8. The maximum Gasteiger partial charge on any atom is 0.274 e. The molecule has 1 atom stereocenters. The number of unbranched alkanes of at least 4 members (excludes halogenated alkanes) is 2. The highest BCUT2D eigenvalue weighted by Crippen LogP contribution is 2.43. The van der Waals surface area contributed by atoms with Crippen LogP contribution in [-0.2, 0) is 6.54 Å². The summed E-state index contributed by atoms with van der Waals surface area (Å²) in [5.41, 5.74) is 1.14. The first-order valence-electron chi connectivity index (χ1n) is 11.9. The number of rotatable bonds is 8. The summed E-state index contributed by atoms with van der Waals surface area (Å²) in [6.07, 6.45) is 5.03. The topological polar surface area (TPSA) is 82.5 Å². The molecule has 7 nitrogen and oxygen atoms in total. The molecular weight excluding hydrogens is 418 g/mol. The lowest BCUT2D eigenvalue weighted by Crippen LogP contribution is -2.34. The van der Waals surface area contributed by atoms with Crippen molar-refractivity contribution in [3.8, 4) is 11.5 Å². The summed E-state index contributed by atoms with van der Waals surface area (Å²) in [5, 5.41) is 8.84. The lowest BCUT2D eigenvalue weighted by atomic mass is 10.0. The number of benzene rings is 2. The molecule has 1 aliphatic heterocycles. The first kappa shape index (κ1) is 21.5. The van der Waals surface area contributed by atoms with Gasteiger partial charge >= 0.3 is 0 Å². The molecule has 0 saturated heterocycles. The van der Waals surface area contributed by atoms with Crippen molar-refractivity contribution < 1.29 is 14.3 Å². The Morgan fingerprint density at radius 3 is 2.61 bits per heavy atom. The van der Waals surface area contributed by atoms with Crippen LogP contribution in [0.2, 0.25) is 0 Å².